The predicted octanol–water partition coefficient (Wildman–Crippen LogP) is 3.21. The van der Waals surface area contributed by atoms with Gasteiger partial charge in [-0.25, -0.2) is 4.39 Å². The van der Waals surface area contributed by atoms with Crippen LogP contribution in [0.25, 0.3) is 0 Å². The average molecular weight is 264 g/mol. The fraction of sp³-hybridized carbons (Fsp3) is 0.533. The first-order valence-electron chi connectivity index (χ1n) is 6.82. The zero-order valence-electron chi connectivity index (χ0n) is 11.3. The van der Waals surface area contributed by atoms with Gasteiger partial charge in [0, 0.05) is 5.56 Å². The normalized spacial score (nSPS) is 23.3. The first-order valence-corrected chi connectivity index (χ1v) is 6.82. The second-order valence-corrected chi connectivity index (χ2v) is 5.33. The van der Waals surface area contributed by atoms with Crippen molar-refractivity contribution in [1.82, 2.24) is 0 Å². The quantitative estimate of drug-likeness (QED) is 0.648. The molecule has 0 saturated heterocycles. The number of rotatable bonds is 4. The number of amidine groups is 1. The zero-order valence-corrected chi connectivity index (χ0v) is 11.3. The van der Waals surface area contributed by atoms with Crippen LogP contribution >= 0.6 is 0 Å². The van der Waals surface area contributed by atoms with Crippen molar-refractivity contribution in [2.45, 2.75) is 45.3 Å². The predicted molar refractivity (Wildman–Crippen MR) is 73.6 cm³/mol. The van der Waals surface area contributed by atoms with Crippen LogP contribution in [0, 0.1) is 17.1 Å². The number of nitrogens with one attached hydrogen (secondary N) is 1. The molecule has 2 unspecified atom stereocenters. The molecule has 0 spiro atoms. The van der Waals surface area contributed by atoms with E-state index in [1.54, 1.807) is 6.07 Å². The first-order chi connectivity index (χ1) is 9.08. The second-order valence-electron chi connectivity index (χ2n) is 5.33. The number of hydrogen-bond acceptors (Lipinski definition) is 2. The van der Waals surface area contributed by atoms with E-state index < -0.39 is 0 Å². The lowest BCUT2D eigenvalue weighted by Crippen LogP contribution is -2.26. The van der Waals surface area contributed by atoms with Crippen molar-refractivity contribution >= 4 is 5.84 Å². The van der Waals surface area contributed by atoms with Crippen molar-refractivity contribution in [3.63, 3.8) is 0 Å². The standard InChI is InChI=1S/C15H21FN2O/c1-10-4-2-3-5-14(10)19-9-11-6-7-12(16)8-13(11)15(17)18/h6-8,10,14H,2-5,9H2,1H3,(H3,17,18). The lowest BCUT2D eigenvalue weighted by molar-refractivity contribution is -0.0155. The molecule has 104 valence electrons. The van der Waals surface area contributed by atoms with Crippen LogP contribution in [-0.2, 0) is 11.3 Å². The molecule has 3 N–H and O–H groups in total. The summed E-state index contributed by atoms with van der Waals surface area (Å²) in [7, 11) is 0. The maximum Gasteiger partial charge on any atom is 0.123 e. The molecule has 1 aliphatic rings. The van der Waals surface area contributed by atoms with E-state index in [0.29, 0.717) is 18.1 Å². The highest BCUT2D eigenvalue weighted by atomic mass is 19.1. The van der Waals surface area contributed by atoms with Gasteiger partial charge in [-0.2, -0.15) is 0 Å². The molecular weight excluding hydrogens is 243 g/mol. The molecule has 0 radical (unpaired) electrons. The van der Waals surface area contributed by atoms with Gasteiger partial charge in [0.2, 0.25) is 0 Å². The third-order valence-corrected chi connectivity index (χ3v) is 3.85. The largest absolute Gasteiger partial charge is 0.384 e. The van der Waals surface area contributed by atoms with Gasteiger partial charge in [-0.15, -0.1) is 0 Å². The zero-order chi connectivity index (χ0) is 13.8. The van der Waals surface area contributed by atoms with Gasteiger partial charge in [0.1, 0.15) is 11.7 Å². The molecule has 0 heterocycles. The lowest BCUT2D eigenvalue weighted by atomic mass is 9.88. The van der Waals surface area contributed by atoms with E-state index in [1.165, 1.54) is 31.4 Å². The SMILES string of the molecule is CC1CCCCC1OCc1ccc(F)cc1C(=N)N. The Morgan fingerprint density at radius 3 is 2.84 bits per heavy atom. The third-order valence-electron chi connectivity index (χ3n) is 3.85. The van der Waals surface area contributed by atoms with Crippen molar-refractivity contribution < 1.29 is 9.13 Å². The van der Waals surface area contributed by atoms with Crippen molar-refractivity contribution in [2.24, 2.45) is 11.7 Å². The van der Waals surface area contributed by atoms with E-state index in [4.69, 9.17) is 15.9 Å². The van der Waals surface area contributed by atoms with Crippen LogP contribution < -0.4 is 5.73 Å². The Bertz CT molecular complexity index is 461. The monoisotopic (exact) mass is 264 g/mol. The second kappa shape index (κ2) is 6.15. The van der Waals surface area contributed by atoms with Crippen molar-refractivity contribution in [2.75, 3.05) is 0 Å². The molecule has 1 aromatic carbocycles. The molecule has 0 aliphatic heterocycles. The summed E-state index contributed by atoms with van der Waals surface area (Å²) in [6.45, 7) is 2.60. The summed E-state index contributed by atoms with van der Waals surface area (Å²) in [4.78, 5) is 0. The van der Waals surface area contributed by atoms with E-state index >= 15 is 0 Å². The van der Waals surface area contributed by atoms with Crippen molar-refractivity contribution in [3.05, 3.63) is 35.1 Å². The van der Waals surface area contributed by atoms with Gasteiger partial charge in [0.25, 0.3) is 0 Å². The van der Waals surface area contributed by atoms with Crippen LogP contribution in [0.1, 0.15) is 43.7 Å². The fourth-order valence-electron chi connectivity index (χ4n) is 2.65. The van der Waals surface area contributed by atoms with Crippen LogP contribution in [-0.4, -0.2) is 11.9 Å². The molecule has 19 heavy (non-hydrogen) atoms. The smallest absolute Gasteiger partial charge is 0.123 e. The molecule has 4 heteroatoms. The lowest BCUT2D eigenvalue weighted by Gasteiger charge is -2.29. The molecular formula is C15H21FN2O. The van der Waals surface area contributed by atoms with Crippen molar-refractivity contribution in [3.8, 4) is 0 Å². The number of nitrogens with two attached hydrogens (primary N) is 1. The highest BCUT2D eigenvalue weighted by Gasteiger charge is 2.22. The molecule has 1 aliphatic carbocycles. The highest BCUT2D eigenvalue weighted by molar-refractivity contribution is 5.96. The van der Waals surface area contributed by atoms with Gasteiger partial charge < -0.3 is 10.5 Å². The van der Waals surface area contributed by atoms with E-state index in [0.717, 1.165) is 12.0 Å². The van der Waals surface area contributed by atoms with Crippen LogP contribution in [0.3, 0.4) is 0 Å². The molecule has 1 aromatic rings. The van der Waals surface area contributed by atoms with Gasteiger partial charge >= 0.3 is 0 Å². The number of halogens is 1. The first kappa shape index (κ1) is 14.0. The summed E-state index contributed by atoms with van der Waals surface area (Å²) < 4.78 is 19.1. The van der Waals surface area contributed by atoms with Gasteiger partial charge in [-0.05, 0) is 36.5 Å². The molecule has 2 atom stereocenters. The van der Waals surface area contributed by atoms with E-state index in [1.807, 2.05) is 0 Å². The van der Waals surface area contributed by atoms with Gasteiger partial charge in [-0.1, -0.05) is 25.8 Å². The number of hydrogen-bond donors (Lipinski definition) is 2. The minimum absolute atomic E-state index is 0.116. The number of ether oxygens (including phenoxy) is 1. The van der Waals surface area contributed by atoms with Crippen LogP contribution in [0.5, 0.6) is 0 Å². The van der Waals surface area contributed by atoms with Crippen LogP contribution in [0.15, 0.2) is 18.2 Å². The Labute approximate surface area is 113 Å². The number of nitrogen functional groups attached to an aromatic ring is 1. The minimum atomic E-state index is -0.375. The molecule has 3 nitrogen and oxygen atoms in total. The van der Waals surface area contributed by atoms with Gasteiger partial charge in [0.05, 0.1) is 12.7 Å². The molecule has 1 saturated carbocycles. The summed E-state index contributed by atoms with van der Waals surface area (Å²) in [5.74, 6) is 0.0738. The Morgan fingerprint density at radius 2 is 2.16 bits per heavy atom. The van der Waals surface area contributed by atoms with Gasteiger partial charge in [0.15, 0.2) is 0 Å². The van der Waals surface area contributed by atoms with Crippen molar-refractivity contribution in [1.29, 1.82) is 5.41 Å². The minimum Gasteiger partial charge on any atom is -0.384 e. The maximum atomic E-state index is 13.2. The Morgan fingerprint density at radius 1 is 1.42 bits per heavy atom. The maximum absolute atomic E-state index is 13.2. The van der Waals surface area contributed by atoms with Crippen LogP contribution in [0.2, 0.25) is 0 Å². The van der Waals surface area contributed by atoms with E-state index in [9.17, 15) is 4.39 Å². The molecule has 0 amide bonds. The summed E-state index contributed by atoms with van der Waals surface area (Å²) >= 11 is 0. The van der Waals surface area contributed by atoms with Crippen LogP contribution in [0.4, 0.5) is 4.39 Å². The number of benzene rings is 1. The summed E-state index contributed by atoms with van der Waals surface area (Å²) in [5, 5.41) is 7.49. The molecule has 0 bridgehead atoms. The van der Waals surface area contributed by atoms with E-state index in [2.05, 4.69) is 6.92 Å². The van der Waals surface area contributed by atoms with E-state index in [-0.39, 0.29) is 17.8 Å². The molecule has 1 fully saturated rings. The summed E-state index contributed by atoms with van der Waals surface area (Å²) in [5.41, 5.74) is 6.70. The molecule has 2 rings (SSSR count). The summed E-state index contributed by atoms with van der Waals surface area (Å²) in [6.07, 6.45) is 5.03. The third kappa shape index (κ3) is 3.53. The molecule has 0 aromatic heterocycles. The Hall–Kier alpha value is -1.42. The summed E-state index contributed by atoms with van der Waals surface area (Å²) in [6, 6.07) is 4.33. The highest BCUT2D eigenvalue weighted by Crippen LogP contribution is 2.27. The average Bonchev–Trinajstić information content (AvgIpc) is 2.38. The van der Waals surface area contributed by atoms with Gasteiger partial charge in [-0.3, -0.25) is 5.41 Å². The Kier molecular flexibility index (Phi) is 4.53. The Balaban J connectivity index is 2.04. The topological polar surface area (TPSA) is 59.1 Å². The fourth-order valence-corrected chi connectivity index (χ4v) is 2.65.